The Balaban J connectivity index is 1.46. The average molecular weight is 314 g/mol. The summed E-state index contributed by atoms with van der Waals surface area (Å²) in [6.07, 6.45) is 3.62. The molecule has 114 valence electrons. The zero-order chi connectivity index (χ0) is 15.4. The molecule has 0 fully saturated rings. The van der Waals surface area contributed by atoms with Crippen LogP contribution < -0.4 is 5.32 Å². The Morgan fingerprint density at radius 2 is 1.91 bits per heavy atom. The van der Waals surface area contributed by atoms with Crippen LogP contribution in [-0.2, 0) is 17.6 Å². The van der Waals surface area contributed by atoms with Crippen molar-refractivity contribution in [3.05, 3.63) is 70.2 Å². The second-order valence-corrected chi connectivity index (χ2v) is 6.30. The second kappa shape index (κ2) is 6.97. The molecule has 1 N–H and O–H groups in total. The highest BCUT2D eigenvalue weighted by atomic mass is 35.5. The SMILES string of the molecule is O=C(CC1CCc2ccccc21)NCCc1ccc(Cl)cc1. The normalized spacial score (nSPS) is 16.3. The van der Waals surface area contributed by atoms with Crippen LogP contribution in [0.4, 0.5) is 0 Å². The van der Waals surface area contributed by atoms with Gasteiger partial charge in [0.1, 0.15) is 0 Å². The van der Waals surface area contributed by atoms with Gasteiger partial charge in [-0.05, 0) is 54.0 Å². The molecular weight excluding hydrogens is 294 g/mol. The van der Waals surface area contributed by atoms with E-state index in [1.807, 2.05) is 24.3 Å². The van der Waals surface area contributed by atoms with Gasteiger partial charge in [0.25, 0.3) is 0 Å². The summed E-state index contributed by atoms with van der Waals surface area (Å²) in [5.41, 5.74) is 3.95. The van der Waals surface area contributed by atoms with Crippen LogP contribution in [0.15, 0.2) is 48.5 Å². The molecule has 0 saturated heterocycles. The number of hydrogen-bond donors (Lipinski definition) is 1. The first kappa shape index (κ1) is 15.1. The average Bonchev–Trinajstić information content (AvgIpc) is 2.93. The predicted octanol–water partition coefficient (Wildman–Crippen LogP) is 4.12. The van der Waals surface area contributed by atoms with Crippen LogP contribution in [0, 0.1) is 0 Å². The highest BCUT2D eigenvalue weighted by molar-refractivity contribution is 6.30. The van der Waals surface area contributed by atoms with Gasteiger partial charge in [-0.2, -0.15) is 0 Å². The maximum atomic E-state index is 12.1. The summed E-state index contributed by atoms with van der Waals surface area (Å²) in [4.78, 5) is 12.1. The summed E-state index contributed by atoms with van der Waals surface area (Å²) < 4.78 is 0. The van der Waals surface area contributed by atoms with Gasteiger partial charge in [-0.15, -0.1) is 0 Å². The fourth-order valence-corrected chi connectivity index (χ4v) is 3.28. The molecular formula is C19H20ClNO. The fraction of sp³-hybridized carbons (Fsp3) is 0.316. The quantitative estimate of drug-likeness (QED) is 0.884. The van der Waals surface area contributed by atoms with Crippen molar-refractivity contribution in [3.8, 4) is 0 Å². The molecule has 1 unspecified atom stereocenters. The number of amides is 1. The van der Waals surface area contributed by atoms with E-state index in [1.54, 1.807) is 0 Å². The number of aryl methyl sites for hydroxylation is 1. The van der Waals surface area contributed by atoms with Gasteiger partial charge in [-0.25, -0.2) is 0 Å². The molecule has 0 saturated carbocycles. The molecule has 0 bridgehead atoms. The molecule has 1 aliphatic rings. The van der Waals surface area contributed by atoms with Crippen molar-refractivity contribution in [2.24, 2.45) is 0 Å². The van der Waals surface area contributed by atoms with Crippen LogP contribution in [0.3, 0.4) is 0 Å². The largest absolute Gasteiger partial charge is 0.356 e. The summed E-state index contributed by atoms with van der Waals surface area (Å²) >= 11 is 5.86. The van der Waals surface area contributed by atoms with Crippen LogP contribution in [0.5, 0.6) is 0 Å². The molecule has 2 nitrogen and oxygen atoms in total. The van der Waals surface area contributed by atoms with E-state index in [9.17, 15) is 4.79 Å². The number of rotatable bonds is 5. The molecule has 2 aromatic rings. The third-order valence-corrected chi connectivity index (χ3v) is 4.59. The molecule has 0 spiro atoms. The number of nitrogens with one attached hydrogen (secondary N) is 1. The van der Waals surface area contributed by atoms with E-state index >= 15 is 0 Å². The van der Waals surface area contributed by atoms with Crippen molar-refractivity contribution in [2.45, 2.75) is 31.6 Å². The Morgan fingerprint density at radius 1 is 1.14 bits per heavy atom. The van der Waals surface area contributed by atoms with Crippen LogP contribution in [0.2, 0.25) is 5.02 Å². The minimum Gasteiger partial charge on any atom is -0.356 e. The maximum absolute atomic E-state index is 12.1. The van der Waals surface area contributed by atoms with Gasteiger partial charge >= 0.3 is 0 Å². The zero-order valence-electron chi connectivity index (χ0n) is 12.5. The van der Waals surface area contributed by atoms with Gasteiger partial charge in [0.2, 0.25) is 5.91 Å². The molecule has 3 rings (SSSR count). The van der Waals surface area contributed by atoms with Crippen molar-refractivity contribution in [1.82, 2.24) is 5.32 Å². The molecule has 22 heavy (non-hydrogen) atoms. The summed E-state index contributed by atoms with van der Waals surface area (Å²) in [6.45, 7) is 0.675. The maximum Gasteiger partial charge on any atom is 0.220 e. The predicted molar refractivity (Wildman–Crippen MR) is 90.3 cm³/mol. The van der Waals surface area contributed by atoms with Gasteiger partial charge in [-0.3, -0.25) is 4.79 Å². The van der Waals surface area contributed by atoms with E-state index in [0.29, 0.717) is 18.9 Å². The van der Waals surface area contributed by atoms with Crippen molar-refractivity contribution in [2.75, 3.05) is 6.54 Å². The number of carbonyl (C=O) groups excluding carboxylic acids is 1. The fourth-order valence-electron chi connectivity index (χ4n) is 3.15. The lowest BCUT2D eigenvalue weighted by Gasteiger charge is -2.12. The lowest BCUT2D eigenvalue weighted by Crippen LogP contribution is -2.26. The lowest BCUT2D eigenvalue weighted by molar-refractivity contribution is -0.121. The van der Waals surface area contributed by atoms with Crippen LogP contribution in [-0.4, -0.2) is 12.5 Å². The van der Waals surface area contributed by atoms with Crippen molar-refractivity contribution in [3.63, 3.8) is 0 Å². The monoisotopic (exact) mass is 313 g/mol. The molecule has 0 aliphatic heterocycles. The molecule has 0 heterocycles. The number of fused-ring (bicyclic) bond motifs is 1. The van der Waals surface area contributed by atoms with Gasteiger partial charge in [0.05, 0.1) is 0 Å². The summed E-state index contributed by atoms with van der Waals surface area (Å²) in [6, 6.07) is 16.2. The molecule has 1 amide bonds. The van der Waals surface area contributed by atoms with Crippen molar-refractivity contribution < 1.29 is 4.79 Å². The molecule has 2 aromatic carbocycles. The Morgan fingerprint density at radius 3 is 2.73 bits per heavy atom. The van der Waals surface area contributed by atoms with Crippen LogP contribution in [0.25, 0.3) is 0 Å². The van der Waals surface area contributed by atoms with E-state index in [4.69, 9.17) is 11.6 Å². The number of benzene rings is 2. The zero-order valence-corrected chi connectivity index (χ0v) is 13.3. The smallest absolute Gasteiger partial charge is 0.220 e. The molecule has 1 aliphatic carbocycles. The summed E-state index contributed by atoms with van der Waals surface area (Å²) in [7, 11) is 0. The van der Waals surface area contributed by atoms with E-state index in [-0.39, 0.29) is 5.91 Å². The molecule has 0 radical (unpaired) electrons. The van der Waals surface area contributed by atoms with E-state index in [2.05, 4.69) is 29.6 Å². The Labute approximate surface area is 136 Å². The third-order valence-electron chi connectivity index (χ3n) is 4.34. The first-order valence-electron chi connectivity index (χ1n) is 7.81. The van der Waals surface area contributed by atoms with E-state index in [1.165, 1.54) is 16.7 Å². The second-order valence-electron chi connectivity index (χ2n) is 5.86. The van der Waals surface area contributed by atoms with Gasteiger partial charge < -0.3 is 5.32 Å². The highest BCUT2D eigenvalue weighted by Gasteiger charge is 2.23. The topological polar surface area (TPSA) is 29.1 Å². The number of halogens is 1. The Hall–Kier alpha value is -1.80. The summed E-state index contributed by atoms with van der Waals surface area (Å²) in [5, 5.41) is 3.77. The minimum absolute atomic E-state index is 0.149. The first-order chi connectivity index (χ1) is 10.7. The van der Waals surface area contributed by atoms with Crippen molar-refractivity contribution >= 4 is 17.5 Å². The van der Waals surface area contributed by atoms with E-state index < -0.39 is 0 Å². The van der Waals surface area contributed by atoms with Gasteiger partial charge in [-0.1, -0.05) is 48.0 Å². The van der Waals surface area contributed by atoms with Crippen LogP contribution >= 0.6 is 11.6 Å². The van der Waals surface area contributed by atoms with Crippen LogP contribution in [0.1, 0.15) is 35.4 Å². The van der Waals surface area contributed by atoms with Crippen molar-refractivity contribution in [1.29, 1.82) is 0 Å². The number of carbonyl (C=O) groups is 1. The van der Waals surface area contributed by atoms with Gasteiger partial charge in [0.15, 0.2) is 0 Å². The Bertz CT molecular complexity index is 651. The number of hydrogen-bond acceptors (Lipinski definition) is 1. The lowest BCUT2D eigenvalue weighted by atomic mass is 9.97. The van der Waals surface area contributed by atoms with Gasteiger partial charge in [0, 0.05) is 18.0 Å². The first-order valence-corrected chi connectivity index (χ1v) is 8.19. The summed E-state index contributed by atoms with van der Waals surface area (Å²) in [5.74, 6) is 0.530. The standard InChI is InChI=1S/C19H20ClNO/c20-17-9-5-14(6-10-17)11-12-21-19(22)13-16-8-7-15-3-1-2-4-18(15)16/h1-6,9-10,16H,7-8,11-13H2,(H,21,22). The highest BCUT2D eigenvalue weighted by Crippen LogP contribution is 2.34. The molecule has 1 atom stereocenters. The van der Waals surface area contributed by atoms with E-state index in [0.717, 1.165) is 24.3 Å². The molecule has 0 aromatic heterocycles. The Kier molecular flexibility index (Phi) is 4.79. The molecule has 3 heteroatoms. The minimum atomic E-state index is 0.149. The third kappa shape index (κ3) is 3.69.